The summed E-state index contributed by atoms with van der Waals surface area (Å²) in [4.78, 5) is 14.4. The van der Waals surface area contributed by atoms with Gasteiger partial charge >= 0.3 is 0 Å². The Labute approximate surface area is 144 Å². The van der Waals surface area contributed by atoms with Crippen molar-refractivity contribution in [2.24, 2.45) is 0 Å². The van der Waals surface area contributed by atoms with Crippen LogP contribution in [0, 0.1) is 12.7 Å². The lowest BCUT2D eigenvalue weighted by Crippen LogP contribution is -2.46. The molecular weight excluding hydrogens is 323 g/mol. The highest BCUT2D eigenvalue weighted by atomic mass is 32.1. The first-order chi connectivity index (χ1) is 11.7. The Morgan fingerprint density at radius 3 is 2.79 bits per heavy atom. The molecule has 1 aliphatic rings. The minimum atomic E-state index is -0.112. The van der Waals surface area contributed by atoms with Gasteiger partial charge in [-0.1, -0.05) is 17.7 Å². The lowest BCUT2D eigenvalue weighted by molar-refractivity contribution is 0.246. The molecule has 0 amide bonds. The summed E-state index contributed by atoms with van der Waals surface area (Å²) >= 11 is 1.64. The lowest BCUT2D eigenvalue weighted by atomic mass is 10.1. The summed E-state index contributed by atoms with van der Waals surface area (Å²) in [6.45, 7) is 6.28. The Hall–Kier alpha value is -2.05. The number of hydrogen-bond donors (Lipinski definition) is 0. The molecule has 1 aromatic carbocycles. The van der Waals surface area contributed by atoms with Crippen LogP contribution in [0.4, 0.5) is 10.2 Å². The van der Waals surface area contributed by atoms with Crippen molar-refractivity contribution in [2.75, 3.05) is 31.1 Å². The lowest BCUT2D eigenvalue weighted by Gasteiger charge is -2.35. The summed E-state index contributed by atoms with van der Waals surface area (Å²) < 4.78 is 14.0. The van der Waals surface area contributed by atoms with Crippen LogP contribution in [0.1, 0.15) is 11.1 Å². The fourth-order valence-electron chi connectivity index (χ4n) is 3.21. The van der Waals surface area contributed by atoms with Gasteiger partial charge in [-0.15, -0.1) is 11.3 Å². The van der Waals surface area contributed by atoms with Gasteiger partial charge in [-0.05, 0) is 24.4 Å². The number of aromatic nitrogens is 2. The molecule has 4 rings (SSSR count). The summed E-state index contributed by atoms with van der Waals surface area (Å²) in [5, 5.41) is 3.18. The monoisotopic (exact) mass is 342 g/mol. The van der Waals surface area contributed by atoms with Gasteiger partial charge in [0.05, 0.1) is 5.39 Å². The summed E-state index contributed by atoms with van der Waals surface area (Å²) in [6.07, 6.45) is 1.64. The highest BCUT2D eigenvalue weighted by molar-refractivity contribution is 7.16. The van der Waals surface area contributed by atoms with E-state index in [1.54, 1.807) is 23.7 Å². The number of anilines is 1. The molecule has 0 saturated carbocycles. The standard InChI is InChI=1S/C18H19FN4S/c1-13-2-3-16(19)14(10-13)11-22-5-7-23(8-6-22)17-15-4-9-24-18(15)21-12-20-17/h2-4,9-10,12H,5-8,11H2,1H3. The predicted molar refractivity (Wildman–Crippen MR) is 96.0 cm³/mol. The van der Waals surface area contributed by atoms with Crippen molar-refractivity contribution in [3.63, 3.8) is 0 Å². The Balaban J connectivity index is 1.45. The van der Waals surface area contributed by atoms with E-state index < -0.39 is 0 Å². The van der Waals surface area contributed by atoms with Gasteiger partial charge < -0.3 is 4.90 Å². The van der Waals surface area contributed by atoms with Gasteiger partial charge in [0.1, 0.15) is 22.8 Å². The highest BCUT2D eigenvalue weighted by Crippen LogP contribution is 2.27. The Morgan fingerprint density at radius 1 is 1.12 bits per heavy atom. The fraction of sp³-hybridized carbons (Fsp3) is 0.333. The molecule has 0 bridgehead atoms. The first-order valence-corrected chi connectivity index (χ1v) is 8.99. The van der Waals surface area contributed by atoms with E-state index in [-0.39, 0.29) is 5.82 Å². The van der Waals surface area contributed by atoms with E-state index in [4.69, 9.17) is 0 Å². The number of benzene rings is 1. The molecule has 0 unspecified atom stereocenters. The van der Waals surface area contributed by atoms with E-state index in [9.17, 15) is 4.39 Å². The third-order valence-electron chi connectivity index (χ3n) is 4.51. The van der Waals surface area contributed by atoms with E-state index in [0.29, 0.717) is 6.54 Å². The van der Waals surface area contributed by atoms with Gasteiger partial charge in [-0.25, -0.2) is 14.4 Å². The van der Waals surface area contributed by atoms with Crippen molar-refractivity contribution in [3.05, 3.63) is 52.9 Å². The quantitative estimate of drug-likeness (QED) is 0.730. The number of halogens is 1. The summed E-state index contributed by atoms with van der Waals surface area (Å²) in [7, 11) is 0. The number of thiophene rings is 1. The first-order valence-electron chi connectivity index (χ1n) is 8.11. The van der Waals surface area contributed by atoms with Crippen LogP contribution in [-0.2, 0) is 6.54 Å². The van der Waals surface area contributed by atoms with Crippen LogP contribution in [-0.4, -0.2) is 41.0 Å². The number of fused-ring (bicyclic) bond motifs is 1. The number of rotatable bonds is 3. The zero-order valence-corrected chi connectivity index (χ0v) is 14.4. The molecule has 6 heteroatoms. The summed E-state index contributed by atoms with van der Waals surface area (Å²) in [6, 6.07) is 7.41. The van der Waals surface area contributed by atoms with E-state index >= 15 is 0 Å². The second-order valence-electron chi connectivity index (χ2n) is 6.19. The number of piperazine rings is 1. The molecule has 0 radical (unpaired) electrons. The van der Waals surface area contributed by atoms with Crippen molar-refractivity contribution in [1.29, 1.82) is 0 Å². The topological polar surface area (TPSA) is 32.3 Å². The zero-order chi connectivity index (χ0) is 16.5. The molecule has 124 valence electrons. The van der Waals surface area contributed by atoms with Gasteiger partial charge in [0.15, 0.2) is 0 Å². The molecule has 4 nitrogen and oxygen atoms in total. The van der Waals surface area contributed by atoms with Crippen molar-refractivity contribution >= 4 is 27.4 Å². The van der Waals surface area contributed by atoms with Crippen LogP contribution in [0.2, 0.25) is 0 Å². The predicted octanol–water partition coefficient (Wildman–Crippen LogP) is 3.46. The average Bonchev–Trinajstić information content (AvgIpc) is 3.08. The van der Waals surface area contributed by atoms with E-state index in [1.807, 2.05) is 19.1 Å². The van der Waals surface area contributed by atoms with Crippen molar-refractivity contribution in [2.45, 2.75) is 13.5 Å². The molecule has 0 atom stereocenters. The normalized spacial score (nSPS) is 16.0. The molecule has 1 saturated heterocycles. The molecule has 0 N–H and O–H groups in total. The van der Waals surface area contributed by atoms with Crippen LogP contribution < -0.4 is 4.90 Å². The average molecular weight is 342 g/mol. The van der Waals surface area contributed by atoms with Crippen molar-refractivity contribution in [1.82, 2.24) is 14.9 Å². The Kier molecular flexibility index (Phi) is 4.16. The van der Waals surface area contributed by atoms with Gasteiger partial charge in [0.25, 0.3) is 0 Å². The molecular formula is C18H19FN4S. The molecule has 1 fully saturated rings. The second-order valence-corrected chi connectivity index (χ2v) is 7.09. The number of hydrogen-bond acceptors (Lipinski definition) is 5. The zero-order valence-electron chi connectivity index (χ0n) is 13.6. The van der Waals surface area contributed by atoms with Crippen LogP contribution in [0.25, 0.3) is 10.2 Å². The van der Waals surface area contributed by atoms with E-state index in [2.05, 4.69) is 31.2 Å². The highest BCUT2D eigenvalue weighted by Gasteiger charge is 2.21. The smallest absolute Gasteiger partial charge is 0.140 e. The van der Waals surface area contributed by atoms with Crippen molar-refractivity contribution in [3.8, 4) is 0 Å². The maximum atomic E-state index is 14.0. The van der Waals surface area contributed by atoms with Crippen LogP contribution in [0.5, 0.6) is 0 Å². The van der Waals surface area contributed by atoms with E-state index in [1.165, 1.54) is 0 Å². The van der Waals surface area contributed by atoms with Gasteiger partial charge in [-0.3, -0.25) is 4.90 Å². The Bertz CT molecular complexity index is 855. The summed E-state index contributed by atoms with van der Waals surface area (Å²) in [5.41, 5.74) is 1.89. The van der Waals surface area contributed by atoms with Gasteiger partial charge in [-0.2, -0.15) is 0 Å². The van der Waals surface area contributed by atoms with Crippen molar-refractivity contribution < 1.29 is 4.39 Å². The molecule has 3 aromatic rings. The third kappa shape index (κ3) is 2.99. The van der Waals surface area contributed by atoms with Crippen LogP contribution in [0.15, 0.2) is 36.0 Å². The molecule has 1 aliphatic heterocycles. The summed E-state index contributed by atoms with van der Waals surface area (Å²) in [5.74, 6) is 0.904. The number of nitrogens with zero attached hydrogens (tertiary/aromatic N) is 4. The molecule has 24 heavy (non-hydrogen) atoms. The molecule has 2 aromatic heterocycles. The molecule has 0 aliphatic carbocycles. The maximum absolute atomic E-state index is 14.0. The third-order valence-corrected chi connectivity index (χ3v) is 5.33. The minimum Gasteiger partial charge on any atom is -0.353 e. The second kappa shape index (κ2) is 6.45. The van der Waals surface area contributed by atoms with Crippen LogP contribution in [0.3, 0.4) is 0 Å². The molecule has 0 spiro atoms. The largest absolute Gasteiger partial charge is 0.353 e. The maximum Gasteiger partial charge on any atom is 0.140 e. The van der Waals surface area contributed by atoms with Gasteiger partial charge in [0, 0.05) is 38.3 Å². The fourth-order valence-corrected chi connectivity index (χ4v) is 3.94. The Morgan fingerprint density at radius 2 is 1.96 bits per heavy atom. The SMILES string of the molecule is Cc1ccc(F)c(CN2CCN(c3ncnc4sccc34)CC2)c1. The first kappa shape index (κ1) is 15.5. The van der Waals surface area contributed by atoms with Gasteiger partial charge in [0.2, 0.25) is 0 Å². The van der Waals surface area contributed by atoms with E-state index in [0.717, 1.165) is 53.3 Å². The molecule has 3 heterocycles. The van der Waals surface area contributed by atoms with Crippen LogP contribution >= 0.6 is 11.3 Å². The number of aryl methyl sites for hydroxylation is 1. The minimum absolute atomic E-state index is 0.112.